The highest BCUT2D eigenvalue weighted by molar-refractivity contribution is 5.90. The normalized spacial score (nSPS) is 17.9. The fraction of sp³-hybridized carbons (Fsp3) is 0.500. The molecular formula is C18H25NO. The molecule has 0 aliphatic carbocycles. The molecule has 2 heteroatoms. The summed E-state index contributed by atoms with van der Waals surface area (Å²) in [4.78, 5) is 14.0. The summed E-state index contributed by atoms with van der Waals surface area (Å²) in [5, 5.41) is 0. The Balaban J connectivity index is 1.82. The van der Waals surface area contributed by atoms with Gasteiger partial charge < -0.3 is 4.90 Å². The van der Waals surface area contributed by atoms with E-state index in [-0.39, 0.29) is 5.91 Å². The smallest absolute Gasteiger partial charge is 0.247 e. The summed E-state index contributed by atoms with van der Waals surface area (Å²) >= 11 is 0. The second kappa shape index (κ2) is 7.88. The van der Waals surface area contributed by atoms with Gasteiger partial charge in [-0.2, -0.15) is 0 Å². The summed E-state index contributed by atoms with van der Waals surface area (Å²) in [5.74, 6) is 0.160. The number of carbonyl (C=O) groups excluding carboxylic acids is 1. The number of benzene rings is 1. The lowest BCUT2D eigenvalue weighted by molar-refractivity contribution is -0.126. The van der Waals surface area contributed by atoms with E-state index in [0.29, 0.717) is 6.04 Å². The average molecular weight is 271 g/mol. The van der Waals surface area contributed by atoms with E-state index in [0.717, 1.165) is 13.0 Å². The van der Waals surface area contributed by atoms with Crippen molar-refractivity contribution in [3.63, 3.8) is 0 Å². The van der Waals surface area contributed by atoms with Crippen molar-refractivity contribution in [3.8, 4) is 0 Å². The first-order chi connectivity index (χ1) is 9.81. The van der Waals surface area contributed by atoms with Gasteiger partial charge in [0.15, 0.2) is 0 Å². The van der Waals surface area contributed by atoms with Crippen molar-refractivity contribution in [1.29, 1.82) is 0 Å². The second-order valence-corrected chi connectivity index (χ2v) is 5.58. The maximum Gasteiger partial charge on any atom is 0.247 e. The van der Waals surface area contributed by atoms with Crippen molar-refractivity contribution < 1.29 is 4.79 Å². The topological polar surface area (TPSA) is 20.3 Å². The zero-order valence-corrected chi connectivity index (χ0v) is 12.4. The molecule has 1 aromatic rings. The Labute approximate surface area is 122 Å². The van der Waals surface area contributed by atoms with Crippen LogP contribution in [0.15, 0.2) is 42.5 Å². The summed E-state index contributed by atoms with van der Waals surface area (Å²) in [6.07, 6.45) is 11.3. The van der Waals surface area contributed by atoms with Gasteiger partial charge in [0.05, 0.1) is 6.04 Å². The molecule has 0 aromatic heterocycles. The maximum absolute atomic E-state index is 12.0. The first kappa shape index (κ1) is 14.8. The van der Waals surface area contributed by atoms with Crippen LogP contribution < -0.4 is 0 Å². The van der Waals surface area contributed by atoms with E-state index < -0.39 is 0 Å². The standard InChI is InChI=1S/C18H25NO/c1-2-3-4-5-9-12-17-13-14-18(20)19(17)15-16-10-7-6-8-11-16/h6-8,10-11,13-14,17H,2-5,9,12,15H2,1H3/t17-/m0/s1. The zero-order chi connectivity index (χ0) is 14.2. The van der Waals surface area contributed by atoms with E-state index in [1.807, 2.05) is 23.1 Å². The monoisotopic (exact) mass is 271 g/mol. The molecule has 0 radical (unpaired) electrons. The Morgan fingerprint density at radius 1 is 1.05 bits per heavy atom. The lowest BCUT2D eigenvalue weighted by Crippen LogP contribution is -2.33. The Morgan fingerprint density at radius 2 is 1.80 bits per heavy atom. The summed E-state index contributed by atoms with van der Waals surface area (Å²) in [5.41, 5.74) is 1.21. The van der Waals surface area contributed by atoms with Crippen LogP contribution in [0.1, 0.15) is 51.0 Å². The molecule has 0 unspecified atom stereocenters. The summed E-state index contributed by atoms with van der Waals surface area (Å²) in [6.45, 7) is 2.96. The van der Waals surface area contributed by atoms with Gasteiger partial charge in [-0.05, 0) is 12.0 Å². The highest BCUT2D eigenvalue weighted by Crippen LogP contribution is 2.20. The van der Waals surface area contributed by atoms with Crippen LogP contribution in [0, 0.1) is 0 Å². The number of nitrogens with zero attached hydrogens (tertiary/aromatic N) is 1. The maximum atomic E-state index is 12.0. The second-order valence-electron chi connectivity index (χ2n) is 5.58. The van der Waals surface area contributed by atoms with Gasteiger partial charge in [-0.15, -0.1) is 0 Å². The Bertz CT molecular complexity index is 438. The first-order valence-electron chi connectivity index (χ1n) is 7.84. The fourth-order valence-electron chi connectivity index (χ4n) is 2.74. The van der Waals surface area contributed by atoms with Crippen LogP contribution in [-0.4, -0.2) is 16.8 Å². The minimum Gasteiger partial charge on any atom is -0.328 e. The molecule has 20 heavy (non-hydrogen) atoms. The van der Waals surface area contributed by atoms with E-state index >= 15 is 0 Å². The third-order valence-corrected chi connectivity index (χ3v) is 3.94. The number of carbonyl (C=O) groups is 1. The molecule has 0 spiro atoms. The summed E-state index contributed by atoms with van der Waals surface area (Å²) < 4.78 is 0. The molecule has 0 saturated heterocycles. The molecule has 0 bridgehead atoms. The number of unbranched alkanes of at least 4 members (excludes halogenated alkanes) is 4. The van der Waals surface area contributed by atoms with Crippen LogP contribution in [0.25, 0.3) is 0 Å². The van der Waals surface area contributed by atoms with Gasteiger partial charge >= 0.3 is 0 Å². The zero-order valence-electron chi connectivity index (χ0n) is 12.4. The molecule has 1 amide bonds. The largest absolute Gasteiger partial charge is 0.328 e. The lowest BCUT2D eigenvalue weighted by atomic mass is 10.1. The quantitative estimate of drug-likeness (QED) is 0.645. The third kappa shape index (κ3) is 4.22. The first-order valence-corrected chi connectivity index (χ1v) is 7.84. The molecule has 108 valence electrons. The van der Waals surface area contributed by atoms with Crippen LogP contribution in [0.2, 0.25) is 0 Å². The number of amides is 1. The predicted molar refractivity (Wildman–Crippen MR) is 83.3 cm³/mol. The molecule has 1 aliphatic rings. The van der Waals surface area contributed by atoms with Crippen molar-refractivity contribution in [2.75, 3.05) is 0 Å². The molecule has 2 nitrogen and oxygen atoms in total. The van der Waals surface area contributed by atoms with E-state index in [9.17, 15) is 4.79 Å². The van der Waals surface area contributed by atoms with Crippen LogP contribution in [0.3, 0.4) is 0 Å². The Hall–Kier alpha value is -1.57. The fourth-order valence-corrected chi connectivity index (χ4v) is 2.74. The molecule has 1 atom stereocenters. The highest BCUT2D eigenvalue weighted by Gasteiger charge is 2.24. The molecule has 2 rings (SSSR count). The number of hydrogen-bond acceptors (Lipinski definition) is 1. The molecule has 1 heterocycles. The molecule has 1 aromatic carbocycles. The number of hydrogen-bond donors (Lipinski definition) is 0. The SMILES string of the molecule is CCCCCCC[C@H]1C=CC(=O)N1Cc1ccccc1. The van der Waals surface area contributed by atoms with Crippen LogP contribution in [0.5, 0.6) is 0 Å². The molecular weight excluding hydrogens is 246 g/mol. The van der Waals surface area contributed by atoms with Gasteiger partial charge in [0.2, 0.25) is 5.91 Å². The van der Waals surface area contributed by atoms with Crippen molar-refractivity contribution in [1.82, 2.24) is 4.90 Å². The number of rotatable bonds is 8. The van der Waals surface area contributed by atoms with Crippen molar-refractivity contribution in [3.05, 3.63) is 48.0 Å². The van der Waals surface area contributed by atoms with Gasteiger partial charge in [-0.1, -0.05) is 75.4 Å². The average Bonchev–Trinajstić information content (AvgIpc) is 2.81. The van der Waals surface area contributed by atoms with Gasteiger partial charge in [0.25, 0.3) is 0 Å². The van der Waals surface area contributed by atoms with E-state index in [2.05, 4.69) is 25.1 Å². The summed E-state index contributed by atoms with van der Waals surface area (Å²) in [7, 11) is 0. The predicted octanol–water partition coefficient (Wildman–Crippen LogP) is 4.31. The molecule has 0 fully saturated rings. The van der Waals surface area contributed by atoms with E-state index in [1.54, 1.807) is 6.08 Å². The van der Waals surface area contributed by atoms with Crippen molar-refractivity contribution in [2.24, 2.45) is 0 Å². The van der Waals surface area contributed by atoms with Crippen molar-refractivity contribution in [2.45, 2.75) is 58.0 Å². The van der Waals surface area contributed by atoms with Crippen molar-refractivity contribution >= 4 is 5.91 Å². The van der Waals surface area contributed by atoms with Gasteiger partial charge in [-0.25, -0.2) is 0 Å². The lowest BCUT2D eigenvalue weighted by Gasteiger charge is -2.25. The summed E-state index contributed by atoms with van der Waals surface area (Å²) in [6, 6.07) is 10.5. The highest BCUT2D eigenvalue weighted by atomic mass is 16.2. The minimum absolute atomic E-state index is 0.160. The van der Waals surface area contributed by atoms with Crippen LogP contribution in [-0.2, 0) is 11.3 Å². The third-order valence-electron chi connectivity index (χ3n) is 3.94. The van der Waals surface area contributed by atoms with Gasteiger partial charge in [0.1, 0.15) is 0 Å². The molecule has 0 N–H and O–H groups in total. The van der Waals surface area contributed by atoms with E-state index in [1.165, 1.54) is 37.7 Å². The van der Waals surface area contributed by atoms with Gasteiger partial charge in [-0.3, -0.25) is 4.79 Å². The van der Waals surface area contributed by atoms with Crippen LogP contribution in [0.4, 0.5) is 0 Å². The van der Waals surface area contributed by atoms with Crippen LogP contribution >= 0.6 is 0 Å². The molecule has 0 saturated carbocycles. The Morgan fingerprint density at radius 3 is 2.55 bits per heavy atom. The van der Waals surface area contributed by atoms with Gasteiger partial charge in [0, 0.05) is 12.6 Å². The molecule has 1 aliphatic heterocycles. The van der Waals surface area contributed by atoms with E-state index in [4.69, 9.17) is 0 Å². The minimum atomic E-state index is 0.160. The Kier molecular flexibility index (Phi) is 5.85.